The number of ketones is 1. The van der Waals surface area contributed by atoms with Gasteiger partial charge < -0.3 is 18.9 Å². The zero-order valence-corrected chi connectivity index (χ0v) is 17.7. The highest BCUT2D eigenvalue weighted by Crippen LogP contribution is 2.68. The van der Waals surface area contributed by atoms with E-state index in [-0.39, 0.29) is 22.9 Å². The first-order chi connectivity index (χ1) is 13.4. The van der Waals surface area contributed by atoms with Crippen molar-refractivity contribution >= 4 is 5.78 Å². The van der Waals surface area contributed by atoms with Gasteiger partial charge in [0.1, 0.15) is 12.6 Å². The van der Waals surface area contributed by atoms with Crippen LogP contribution in [0.15, 0.2) is 0 Å². The predicted molar refractivity (Wildman–Crippen MR) is 104 cm³/mol. The van der Waals surface area contributed by atoms with E-state index >= 15 is 0 Å². The van der Waals surface area contributed by atoms with E-state index in [0.717, 1.165) is 32.1 Å². The number of ether oxygens (including phenoxy) is 4. The van der Waals surface area contributed by atoms with Crippen LogP contribution < -0.4 is 0 Å². The quantitative estimate of drug-likeness (QED) is 0.681. The van der Waals surface area contributed by atoms with Crippen molar-refractivity contribution in [2.75, 3.05) is 27.1 Å². The van der Waals surface area contributed by atoms with Crippen molar-refractivity contribution in [3.05, 3.63) is 0 Å². The lowest BCUT2D eigenvalue weighted by atomic mass is 9.44. The normalized spacial score (nSPS) is 49.7. The van der Waals surface area contributed by atoms with Crippen LogP contribution >= 0.6 is 0 Å². The van der Waals surface area contributed by atoms with Crippen LogP contribution in [0.2, 0.25) is 0 Å². The van der Waals surface area contributed by atoms with Gasteiger partial charge in [0.25, 0.3) is 0 Å². The molecule has 0 amide bonds. The van der Waals surface area contributed by atoms with E-state index < -0.39 is 5.79 Å². The van der Waals surface area contributed by atoms with Gasteiger partial charge in [-0.3, -0.25) is 4.79 Å². The van der Waals surface area contributed by atoms with Crippen LogP contribution in [0.25, 0.3) is 0 Å². The summed E-state index contributed by atoms with van der Waals surface area (Å²) in [5.41, 5.74) is -0.0227. The Morgan fingerprint density at radius 3 is 2.61 bits per heavy atom. The fourth-order valence-electron chi connectivity index (χ4n) is 8.23. The lowest BCUT2D eigenvalue weighted by molar-refractivity contribution is -0.243. The van der Waals surface area contributed by atoms with Gasteiger partial charge in [0, 0.05) is 31.3 Å². The van der Waals surface area contributed by atoms with Gasteiger partial charge in [-0.2, -0.15) is 0 Å². The second-order valence-electron chi connectivity index (χ2n) is 10.5. The highest BCUT2D eigenvalue weighted by Gasteiger charge is 2.69. The molecular weight excluding hydrogens is 356 g/mol. The van der Waals surface area contributed by atoms with E-state index in [1.165, 1.54) is 12.8 Å². The van der Waals surface area contributed by atoms with Gasteiger partial charge in [-0.15, -0.1) is 0 Å². The zero-order valence-electron chi connectivity index (χ0n) is 17.7. The molecule has 5 nitrogen and oxygen atoms in total. The third-order valence-electron chi connectivity index (χ3n) is 9.53. The number of rotatable bonds is 3. The van der Waals surface area contributed by atoms with Crippen LogP contribution in [-0.4, -0.2) is 44.8 Å². The number of methoxy groups -OCH3 is 1. The Hall–Kier alpha value is -0.490. The molecule has 0 N–H and O–H groups in total. The third-order valence-corrected chi connectivity index (χ3v) is 9.53. The van der Waals surface area contributed by atoms with Crippen LogP contribution in [0.5, 0.6) is 0 Å². The highest BCUT2D eigenvalue weighted by molar-refractivity contribution is 5.84. The zero-order chi connectivity index (χ0) is 19.6. The van der Waals surface area contributed by atoms with E-state index in [1.807, 2.05) is 0 Å². The van der Waals surface area contributed by atoms with Gasteiger partial charge in [0.05, 0.1) is 19.3 Å². The van der Waals surface area contributed by atoms with Crippen molar-refractivity contribution in [3.63, 3.8) is 0 Å². The molecule has 0 bridgehead atoms. The molecule has 158 valence electrons. The van der Waals surface area contributed by atoms with E-state index in [9.17, 15) is 4.79 Å². The highest BCUT2D eigenvalue weighted by atomic mass is 16.7. The second-order valence-corrected chi connectivity index (χ2v) is 10.5. The average Bonchev–Trinajstić information content (AvgIpc) is 3.26. The van der Waals surface area contributed by atoms with Crippen molar-refractivity contribution in [2.45, 2.75) is 77.1 Å². The molecule has 0 aromatic rings. The van der Waals surface area contributed by atoms with Crippen molar-refractivity contribution in [1.82, 2.24) is 0 Å². The predicted octanol–water partition coefficient (Wildman–Crippen LogP) is 3.94. The summed E-state index contributed by atoms with van der Waals surface area (Å²) in [4.78, 5) is 13.7. The Labute approximate surface area is 168 Å². The molecule has 5 heteroatoms. The van der Waals surface area contributed by atoms with Crippen LogP contribution in [0.4, 0.5) is 0 Å². The summed E-state index contributed by atoms with van der Waals surface area (Å²) in [6.45, 7) is 6.42. The molecule has 0 unspecified atom stereocenters. The molecule has 0 radical (unpaired) electrons. The molecule has 7 atom stereocenters. The maximum absolute atomic E-state index is 13.7. The van der Waals surface area contributed by atoms with Gasteiger partial charge in [0.2, 0.25) is 0 Å². The topological polar surface area (TPSA) is 54.0 Å². The fourth-order valence-corrected chi connectivity index (χ4v) is 8.23. The molecule has 0 aromatic heterocycles. The smallest absolute Gasteiger partial charge is 0.174 e. The minimum absolute atomic E-state index is 0.126. The van der Waals surface area contributed by atoms with Crippen LogP contribution in [-0.2, 0) is 23.7 Å². The lowest BCUT2D eigenvalue weighted by Gasteiger charge is -2.60. The first-order valence-electron chi connectivity index (χ1n) is 11.3. The minimum atomic E-state index is -0.498. The maximum Gasteiger partial charge on any atom is 0.174 e. The Morgan fingerprint density at radius 1 is 1.07 bits per heavy atom. The number of carbonyl (C=O) groups excluding carboxylic acids is 1. The largest absolute Gasteiger partial charge is 0.359 e. The SMILES string of the molecule is COCO[C@@H]1CC[C@@]2(C)[C@@H](CC[C@@H]3[C@@H]2C(=O)C[C@@]2(C)[C@H]3CCC23OCCO3)C1. The Bertz CT molecular complexity index is 628. The van der Waals surface area contributed by atoms with Gasteiger partial charge in [-0.1, -0.05) is 13.8 Å². The molecule has 1 heterocycles. The Morgan fingerprint density at radius 2 is 1.86 bits per heavy atom. The molecule has 1 saturated heterocycles. The number of fused-ring (bicyclic) bond motifs is 6. The summed E-state index contributed by atoms with van der Waals surface area (Å²) in [5, 5.41) is 0. The molecule has 5 fully saturated rings. The van der Waals surface area contributed by atoms with E-state index in [0.29, 0.717) is 50.0 Å². The molecule has 28 heavy (non-hydrogen) atoms. The first kappa shape index (κ1) is 19.5. The van der Waals surface area contributed by atoms with Crippen molar-refractivity contribution < 1.29 is 23.7 Å². The molecule has 0 aromatic carbocycles. The van der Waals surface area contributed by atoms with E-state index in [1.54, 1.807) is 7.11 Å². The fraction of sp³-hybridized carbons (Fsp3) is 0.957. The summed E-state index contributed by atoms with van der Waals surface area (Å²) in [6.07, 6.45) is 8.63. The van der Waals surface area contributed by atoms with Crippen molar-refractivity contribution in [1.29, 1.82) is 0 Å². The lowest BCUT2D eigenvalue weighted by Crippen LogP contribution is -2.60. The van der Waals surface area contributed by atoms with Crippen LogP contribution in [0.1, 0.15) is 65.2 Å². The number of hydrogen-bond donors (Lipinski definition) is 0. The minimum Gasteiger partial charge on any atom is -0.359 e. The Kier molecular flexibility index (Phi) is 4.70. The Balaban J connectivity index is 1.40. The van der Waals surface area contributed by atoms with E-state index in [2.05, 4.69) is 13.8 Å². The molecule has 1 spiro atoms. The molecule has 1 aliphatic heterocycles. The third kappa shape index (κ3) is 2.55. The first-order valence-corrected chi connectivity index (χ1v) is 11.3. The summed E-state index contributed by atoms with van der Waals surface area (Å²) >= 11 is 0. The standard InChI is InChI=1S/C23H36O5/c1-21-8-6-16(26-14-25-3)12-15(21)4-5-17-18-7-9-23(27-10-11-28-23)22(18,2)13-19(24)20(17)21/h15-18,20H,4-14H2,1-3H3/t15-,16+,17-,18-,20+,21-,22-/m0/s1. The van der Waals surface area contributed by atoms with Gasteiger partial charge in [-0.05, 0) is 61.7 Å². The summed E-state index contributed by atoms with van der Waals surface area (Å²) in [7, 11) is 1.68. The molecule has 4 aliphatic carbocycles. The van der Waals surface area contributed by atoms with Crippen molar-refractivity contribution in [2.24, 2.45) is 34.5 Å². The van der Waals surface area contributed by atoms with Gasteiger partial charge in [0.15, 0.2) is 5.79 Å². The second kappa shape index (κ2) is 6.76. The molecule has 5 aliphatic rings. The molecular formula is C23H36O5. The van der Waals surface area contributed by atoms with Crippen LogP contribution in [0.3, 0.4) is 0 Å². The number of carbonyl (C=O) groups is 1. The van der Waals surface area contributed by atoms with Crippen LogP contribution in [0, 0.1) is 34.5 Å². The monoisotopic (exact) mass is 392 g/mol. The maximum atomic E-state index is 13.7. The molecule has 4 saturated carbocycles. The number of hydrogen-bond acceptors (Lipinski definition) is 5. The molecule has 5 rings (SSSR count). The van der Waals surface area contributed by atoms with Gasteiger partial charge in [-0.25, -0.2) is 0 Å². The summed E-state index contributed by atoms with van der Waals surface area (Å²) < 4.78 is 23.4. The van der Waals surface area contributed by atoms with E-state index in [4.69, 9.17) is 18.9 Å². The number of Topliss-reactive ketones (excluding diaryl/α,β-unsaturated/α-hetero) is 1. The van der Waals surface area contributed by atoms with Gasteiger partial charge >= 0.3 is 0 Å². The summed E-state index contributed by atoms with van der Waals surface area (Å²) in [5.74, 6) is 1.83. The van der Waals surface area contributed by atoms with Crippen molar-refractivity contribution in [3.8, 4) is 0 Å². The summed E-state index contributed by atoms with van der Waals surface area (Å²) in [6, 6.07) is 0. The average molecular weight is 393 g/mol.